The zero-order valence-electron chi connectivity index (χ0n) is 10.5. The monoisotopic (exact) mass is 263 g/mol. The van der Waals surface area contributed by atoms with E-state index in [-0.39, 0.29) is 17.9 Å². The first kappa shape index (κ1) is 13.1. The van der Waals surface area contributed by atoms with Crippen molar-refractivity contribution < 1.29 is 13.9 Å². The Morgan fingerprint density at radius 2 is 2.26 bits per heavy atom. The van der Waals surface area contributed by atoms with Crippen molar-refractivity contribution in [3.05, 3.63) is 47.5 Å². The summed E-state index contributed by atoms with van der Waals surface area (Å²) in [5.41, 5.74) is 6.53. The van der Waals surface area contributed by atoms with E-state index in [1.807, 2.05) is 6.92 Å². The lowest BCUT2D eigenvalue weighted by Gasteiger charge is -2.04. The van der Waals surface area contributed by atoms with E-state index in [1.165, 1.54) is 6.07 Å². The summed E-state index contributed by atoms with van der Waals surface area (Å²) in [6.07, 6.45) is 3.41. The van der Waals surface area contributed by atoms with E-state index in [1.54, 1.807) is 17.1 Å². The predicted molar refractivity (Wildman–Crippen MR) is 67.8 cm³/mol. The number of hydrogen-bond acceptors (Lipinski definition) is 4. The van der Waals surface area contributed by atoms with Crippen LogP contribution < -0.4 is 5.73 Å². The van der Waals surface area contributed by atoms with Gasteiger partial charge in [-0.1, -0.05) is 0 Å². The number of rotatable bonds is 4. The highest BCUT2D eigenvalue weighted by atomic mass is 19.1. The Balaban J connectivity index is 2.00. The molecule has 2 aromatic rings. The van der Waals surface area contributed by atoms with Crippen molar-refractivity contribution in [3.8, 4) is 0 Å². The molecule has 0 saturated heterocycles. The van der Waals surface area contributed by atoms with Gasteiger partial charge in [-0.25, -0.2) is 9.18 Å². The lowest BCUT2D eigenvalue weighted by Crippen LogP contribution is -2.06. The number of aromatic nitrogens is 2. The molecule has 1 heterocycles. The largest absolute Gasteiger partial charge is 0.457 e. The summed E-state index contributed by atoms with van der Waals surface area (Å²) in [7, 11) is 0. The molecular formula is C13H14FN3O2. The van der Waals surface area contributed by atoms with Crippen molar-refractivity contribution in [2.75, 3.05) is 5.73 Å². The fourth-order valence-electron chi connectivity index (χ4n) is 1.62. The zero-order valence-corrected chi connectivity index (χ0v) is 10.5. The molecule has 1 aromatic carbocycles. The Labute approximate surface area is 109 Å². The quantitative estimate of drug-likeness (QED) is 0.676. The van der Waals surface area contributed by atoms with Crippen molar-refractivity contribution in [2.24, 2.45) is 0 Å². The summed E-state index contributed by atoms with van der Waals surface area (Å²) in [6, 6.07) is 3.61. The highest BCUT2D eigenvalue weighted by molar-refractivity contribution is 5.90. The van der Waals surface area contributed by atoms with E-state index < -0.39 is 11.8 Å². The first-order valence-electron chi connectivity index (χ1n) is 5.83. The van der Waals surface area contributed by atoms with Crippen LogP contribution in [0.5, 0.6) is 0 Å². The van der Waals surface area contributed by atoms with E-state index in [9.17, 15) is 9.18 Å². The number of hydrogen-bond donors (Lipinski definition) is 1. The average molecular weight is 263 g/mol. The molecule has 6 heteroatoms. The second kappa shape index (κ2) is 5.51. The van der Waals surface area contributed by atoms with Crippen LogP contribution in [-0.2, 0) is 17.9 Å². The first-order chi connectivity index (χ1) is 9.08. The van der Waals surface area contributed by atoms with Crippen molar-refractivity contribution in [2.45, 2.75) is 20.1 Å². The molecule has 0 bridgehead atoms. The Kier molecular flexibility index (Phi) is 3.79. The van der Waals surface area contributed by atoms with Gasteiger partial charge in [-0.15, -0.1) is 0 Å². The fraction of sp³-hybridized carbons (Fsp3) is 0.231. The van der Waals surface area contributed by atoms with Gasteiger partial charge in [0.2, 0.25) is 0 Å². The maximum atomic E-state index is 13.1. The van der Waals surface area contributed by atoms with Gasteiger partial charge in [0.1, 0.15) is 12.4 Å². The van der Waals surface area contributed by atoms with Crippen molar-refractivity contribution in [1.82, 2.24) is 9.78 Å². The summed E-state index contributed by atoms with van der Waals surface area (Å²) >= 11 is 0. The highest BCUT2D eigenvalue weighted by Crippen LogP contribution is 2.12. The van der Waals surface area contributed by atoms with Crippen molar-refractivity contribution in [1.29, 1.82) is 0 Å². The second-order valence-electron chi connectivity index (χ2n) is 4.05. The summed E-state index contributed by atoms with van der Waals surface area (Å²) < 4.78 is 19.9. The van der Waals surface area contributed by atoms with Gasteiger partial charge in [-0.3, -0.25) is 4.68 Å². The van der Waals surface area contributed by atoms with Gasteiger partial charge in [-0.05, 0) is 25.1 Å². The van der Waals surface area contributed by atoms with Crippen LogP contribution in [0.25, 0.3) is 0 Å². The van der Waals surface area contributed by atoms with E-state index in [2.05, 4.69) is 5.10 Å². The summed E-state index contributed by atoms with van der Waals surface area (Å²) in [4.78, 5) is 11.7. The van der Waals surface area contributed by atoms with Crippen LogP contribution in [0.15, 0.2) is 30.6 Å². The summed E-state index contributed by atoms with van der Waals surface area (Å²) in [5.74, 6) is -1.18. The van der Waals surface area contributed by atoms with Crippen molar-refractivity contribution in [3.63, 3.8) is 0 Å². The SMILES string of the molecule is CCn1cc(COC(=O)c2cc(N)cc(F)c2)cn1. The van der Waals surface area contributed by atoms with Crippen molar-refractivity contribution >= 4 is 11.7 Å². The van der Waals surface area contributed by atoms with Crippen LogP contribution in [0.2, 0.25) is 0 Å². The van der Waals surface area contributed by atoms with Gasteiger partial charge in [0.15, 0.2) is 0 Å². The number of nitrogen functional groups attached to an aromatic ring is 1. The first-order valence-corrected chi connectivity index (χ1v) is 5.83. The maximum Gasteiger partial charge on any atom is 0.338 e. The molecular weight excluding hydrogens is 249 g/mol. The Morgan fingerprint density at radius 3 is 2.89 bits per heavy atom. The number of benzene rings is 1. The molecule has 2 rings (SSSR count). The minimum Gasteiger partial charge on any atom is -0.457 e. The van der Waals surface area contributed by atoms with Crippen LogP contribution >= 0.6 is 0 Å². The number of halogens is 1. The molecule has 0 spiro atoms. The molecule has 0 aliphatic heterocycles. The molecule has 2 N–H and O–H groups in total. The van der Waals surface area contributed by atoms with Crippen LogP contribution in [0.1, 0.15) is 22.8 Å². The van der Waals surface area contributed by atoms with Crippen LogP contribution in [0.4, 0.5) is 10.1 Å². The Morgan fingerprint density at radius 1 is 1.47 bits per heavy atom. The average Bonchev–Trinajstić information content (AvgIpc) is 2.82. The predicted octanol–water partition coefficient (Wildman–Crippen LogP) is 1.98. The van der Waals surface area contributed by atoms with Gasteiger partial charge in [0.25, 0.3) is 0 Å². The molecule has 0 amide bonds. The molecule has 1 aromatic heterocycles. The fourth-order valence-corrected chi connectivity index (χ4v) is 1.62. The third-order valence-electron chi connectivity index (χ3n) is 2.54. The molecule has 100 valence electrons. The second-order valence-corrected chi connectivity index (χ2v) is 4.05. The third-order valence-corrected chi connectivity index (χ3v) is 2.54. The number of nitrogens with zero attached hydrogens (tertiary/aromatic N) is 2. The highest BCUT2D eigenvalue weighted by Gasteiger charge is 2.10. The van der Waals surface area contributed by atoms with Crippen LogP contribution in [0, 0.1) is 5.82 Å². The normalized spacial score (nSPS) is 10.4. The number of esters is 1. The third kappa shape index (κ3) is 3.31. The molecule has 5 nitrogen and oxygen atoms in total. The molecule has 0 saturated carbocycles. The molecule has 19 heavy (non-hydrogen) atoms. The molecule has 0 unspecified atom stereocenters. The van der Waals surface area contributed by atoms with E-state index >= 15 is 0 Å². The number of carbonyl (C=O) groups excluding carboxylic acids is 1. The summed E-state index contributed by atoms with van der Waals surface area (Å²) in [5, 5.41) is 4.06. The lowest BCUT2D eigenvalue weighted by atomic mass is 10.2. The van der Waals surface area contributed by atoms with Gasteiger partial charge >= 0.3 is 5.97 Å². The van der Waals surface area contributed by atoms with Gasteiger partial charge < -0.3 is 10.5 Å². The standard InChI is InChI=1S/C13H14FN3O2/c1-2-17-7-9(6-16-17)8-19-13(18)10-3-11(14)5-12(15)4-10/h3-7H,2,8,15H2,1H3. The van der Waals surface area contributed by atoms with E-state index in [0.717, 1.165) is 24.2 Å². The number of ether oxygens (including phenoxy) is 1. The Hall–Kier alpha value is -2.37. The van der Waals surface area contributed by atoms with Crippen LogP contribution in [-0.4, -0.2) is 15.7 Å². The minimum absolute atomic E-state index is 0.0925. The number of carbonyl (C=O) groups is 1. The zero-order chi connectivity index (χ0) is 13.8. The van der Waals surface area contributed by atoms with Crippen LogP contribution in [0.3, 0.4) is 0 Å². The topological polar surface area (TPSA) is 70.1 Å². The molecule has 0 fully saturated rings. The summed E-state index contributed by atoms with van der Waals surface area (Å²) in [6.45, 7) is 2.79. The van der Waals surface area contributed by atoms with Gasteiger partial charge in [0.05, 0.1) is 11.8 Å². The number of anilines is 1. The molecule has 0 radical (unpaired) electrons. The Bertz CT molecular complexity index is 575. The van der Waals surface area contributed by atoms with Gasteiger partial charge in [0, 0.05) is 24.0 Å². The van der Waals surface area contributed by atoms with E-state index in [4.69, 9.17) is 10.5 Å². The number of nitrogens with two attached hydrogens (primary N) is 1. The molecule has 0 aliphatic carbocycles. The minimum atomic E-state index is -0.615. The molecule has 0 atom stereocenters. The molecule has 0 aliphatic rings. The smallest absolute Gasteiger partial charge is 0.338 e. The number of aryl methyl sites for hydroxylation is 1. The van der Waals surface area contributed by atoms with E-state index in [0.29, 0.717) is 0 Å². The lowest BCUT2D eigenvalue weighted by molar-refractivity contribution is 0.0472. The maximum absolute atomic E-state index is 13.1. The van der Waals surface area contributed by atoms with Gasteiger partial charge in [-0.2, -0.15) is 5.10 Å².